The Morgan fingerprint density at radius 2 is 1.84 bits per heavy atom. The number of hydrogen-bond donors (Lipinski definition) is 1. The second-order valence-corrected chi connectivity index (χ2v) is 5.89. The molecule has 0 aliphatic heterocycles. The molecule has 1 heterocycles. The average Bonchev–Trinajstić information content (AvgIpc) is 3.09. The Hall–Kier alpha value is -3.32. The van der Waals surface area contributed by atoms with Crippen LogP contribution >= 0.6 is 0 Å². The summed E-state index contributed by atoms with van der Waals surface area (Å²) in [5, 5.41) is 8.78. The molecular formula is C21H18N2O2. The van der Waals surface area contributed by atoms with Crippen LogP contribution in [0, 0.1) is 18.8 Å². The molecular weight excluding hydrogens is 312 g/mol. The highest BCUT2D eigenvalue weighted by molar-refractivity contribution is 5.70. The molecule has 0 aliphatic rings. The molecule has 0 spiro atoms. The normalized spacial score (nSPS) is 10.1. The summed E-state index contributed by atoms with van der Waals surface area (Å²) in [6.07, 6.45) is 5.56. The first-order valence-electron chi connectivity index (χ1n) is 7.98. The smallest absolute Gasteiger partial charge is 0.307 e. The third kappa shape index (κ3) is 4.58. The Bertz CT molecular complexity index is 930. The third-order valence-corrected chi connectivity index (χ3v) is 3.92. The number of aryl methyl sites for hydroxylation is 1. The standard InChI is InChI=1S/C21H18N2O2/c1-16-12-18(8-9-20(16)14-23-11-10-22-15-23)5-2-17-3-6-19(7-4-17)13-21(24)25/h3-4,6-12,15H,13-14H2,1H3,(H,24,25). The maximum absolute atomic E-state index is 10.7. The fourth-order valence-electron chi connectivity index (χ4n) is 2.55. The van der Waals surface area contributed by atoms with E-state index in [2.05, 4.69) is 35.9 Å². The molecule has 0 saturated heterocycles. The van der Waals surface area contributed by atoms with Gasteiger partial charge in [-0.2, -0.15) is 0 Å². The lowest BCUT2D eigenvalue weighted by Gasteiger charge is -2.07. The highest BCUT2D eigenvalue weighted by Crippen LogP contribution is 2.12. The molecule has 0 fully saturated rings. The van der Waals surface area contributed by atoms with Crippen molar-refractivity contribution in [2.45, 2.75) is 19.9 Å². The quantitative estimate of drug-likeness (QED) is 0.747. The summed E-state index contributed by atoms with van der Waals surface area (Å²) >= 11 is 0. The number of benzene rings is 2. The first-order valence-corrected chi connectivity index (χ1v) is 7.98. The Morgan fingerprint density at radius 1 is 1.12 bits per heavy atom. The van der Waals surface area contributed by atoms with Gasteiger partial charge in [-0.3, -0.25) is 4.79 Å². The van der Waals surface area contributed by atoms with Crippen LogP contribution in [0.2, 0.25) is 0 Å². The van der Waals surface area contributed by atoms with E-state index in [-0.39, 0.29) is 6.42 Å². The number of aromatic nitrogens is 2. The molecule has 0 aliphatic carbocycles. The van der Waals surface area contributed by atoms with Gasteiger partial charge in [-0.25, -0.2) is 4.98 Å². The van der Waals surface area contributed by atoms with E-state index in [1.807, 2.05) is 29.0 Å². The predicted molar refractivity (Wildman–Crippen MR) is 96.3 cm³/mol. The number of carboxylic acid groups (broad SMARTS) is 1. The van der Waals surface area contributed by atoms with Crippen LogP contribution in [0.3, 0.4) is 0 Å². The molecule has 3 aromatic rings. The van der Waals surface area contributed by atoms with Crippen LogP contribution in [0.5, 0.6) is 0 Å². The van der Waals surface area contributed by atoms with Crippen molar-refractivity contribution >= 4 is 5.97 Å². The Morgan fingerprint density at radius 3 is 2.48 bits per heavy atom. The Labute approximate surface area is 146 Å². The number of imidazole rings is 1. The molecule has 0 bridgehead atoms. The minimum absolute atomic E-state index is 0.0330. The summed E-state index contributed by atoms with van der Waals surface area (Å²) in [6, 6.07) is 13.5. The first-order chi connectivity index (χ1) is 12.1. The van der Waals surface area contributed by atoms with Crippen LogP contribution in [0.4, 0.5) is 0 Å². The van der Waals surface area contributed by atoms with Gasteiger partial charge in [0.15, 0.2) is 0 Å². The molecule has 0 saturated carbocycles. The topological polar surface area (TPSA) is 55.1 Å². The van der Waals surface area contributed by atoms with Crippen molar-refractivity contribution < 1.29 is 9.90 Å². The molecule has 0 amide bonds. The zero-order chi connectivity index (χ0) is 17.6. The summed E-state index contributed by atoms with van der Waals surface area (Å²) < 4.78 is 2.03. The minimum Gasteiger partial charge on any atom is -0.481 e. The van der Waals surface area contributed by atoms with E-state index >= 15 is 0 Å². The largest absolute Gasteiger partial charge is 0.481 e. The van der Waals surface area contributed by atoms with E-state index in [1.165, 1.54) is 11.1 Å². The zero-order valence-electron chi connectivity index (χ0n) is 13.9. The molecule has 0 radical (unpaired) electrons. The monoisotopic (exact) mass is 330 g/mol. The number of carbonyl (C=O) groups is 1. The van der Waals surface area contributed by atoms with Crippen molar-refractivity contribution in [3.05, 3.63) is 89.0 Å². The lowest BCUT2D eigenvalue weighted by Crippen LogP contribution is -1.99. The van der Waals surface area contributed by atoms with Crippen molar-refractivity contribution in [3.63, 3.8) is 0 Å². The van der Waals surface area contributed by atoms with Gasteiger partial charge < -0.3 is 9.67 Å². The van der Waals surface area contributed by atoms with Crippen LogP contribution < -0.4 is 0 Å². The second-order valence-electron chi connectivity index (χ2n) is 5.89. The fourth-order valence-corrected chi connectivity index (χ4v) is 2.55. The molecule has 124 valence electrons. The second kappa shape index (κ2) is 7.50. The number of nitrogens with zero attached hydrogens (tertiary/aromatic N) is 2. The van der Waals surface area contributed by atoms with Crippen LogP contribution in [0.1, 0.15) is 27.8 Å². The van der Waals surface area contributed by atoms with Gasteiger partial charge in [0.2, 0.25) is 0 Å². The molecule has 3 rings (SSSR count). The minimum atomic E-state index is -0.829. The summed E-state index contributed by atoms with van der Waals surface area (Å²) in [7, 11) is 0. The Kier molecular flexibility index (Phi) is 4.96. The van der Waals surface area contributed by atoms with E-state index in [4.69, 9.17) is 5.11 Å². The molecule has 25 heavy (non-hydrogen) atoms. The number of rotatable bonds is 4. The predicted octanol–water partition coefficient (Wildman–Crippen LogP) is 3.27. The van der Waals surface area contributed by atoms with E-state index in [9.17, 15) is 4.79 Å². The van der Waals surface area contributed by atoms with Gasteiger partial charge in [0.1, 0.15) is 0 Å². The van der Waals surface area contributed by atoms with E-state index in [0.717, 1.165) is 23.2 Å². The van der Waals surface area contributed by atoms with Crippen LogP contribution in [0.25, 0.3) is 0 Å². The van der Waals surface area contributed by atoms with Crippen molar-refractivity contribution in [1.29, 1.82) is 0 Å². The highest BCUT2D eigenvalue weighted by atomic mass is 16.4. The van der Waals surface area contributed by atoms with Gasteiger partial charge in [0.05, 0.1) is 12.7 Å². The van der Waals surface area contributed by atoms with Gasteiger partial charge >= 0.3 is 5.97 Å². The molecule has 0 atom stereocenters. The van der Waals surface area contributed by atoms with E-state index in [0.29, 0.717) is 0 Å². The van der Waals surface area contributed by atoms with Crippen LogP contribution in [-0.2, 0) is 17.8 Å². The van der Waals surface area contributed by atoms with Crippen LogP contribution in [-0.4, -0.2) is 20.6 Å². The first kappa shape index (κ1) is 16.5. The maximum atomic E-state index is 10.7. The van der Waals surface area contributed by atoms with Gasteiger partial charge in [0.25, 0.3) is 0 Å². The average molecular weight is 330 g/mol. The zero-order valence-corrected chi connectivity index (χ0v) is 13.9. The van der Waals surface area contributed by atoms with Crippen molar-refractivity contribution in [2.24, 2.45) is 0 Å². The van der Waals surface area contributed by atoms with E-state index < -0.39 is 5.97 Å². The fraction of sp³-hybridized carbons (Fsp3) is 0.143. The molecule has 0 unspecified atom stereocenters. The van der Waals surface area contributed by atoms with Gasteiger partial charge in [0, 0.05) is 30.1 Å². The summed E-state index contributed by atoms with van der Waals surface area (Å²) in [6.45, 7) is 2.88. The van der Waals surface area contributed by atoms with E-state index in [1.54, 1.807) is 24.7 Å². The van der Waals surface area contributed by atoms with Crippen molar-refractivity contribution in [3.8, 4) is 11.8 Å². The van der Waals surface area contributed by atoms with Crippen LogP contribution in [0.15, 0.2) is 61.2 Å². The van der Waals surface area contributed by atoms with Gasteiger partial charge in [-0.15, -0.1) is 0 Å². The van der Waals surface area contributed by atoms with Crippen molar-refractivity contribution in [1.82, 2.24) is 9.55 Å². The molecule has 4 heteroatoms. The molecule has 1 N–H and O–H groups in total. The highest BCUT2D eigenvalue weighted by Gasteiger charge is 2.01. The molecule has 2 aromatic carbocycles. The SMILES string of the molecule is Cc1cc(C#Cc2ccc(CC(=O)O)cc2)ccc1Cn1ccnc1. The molecule has 4 nitrogen and oxygen atoms in total. The van der Waals surface area contributed by atoms with Crippen molar-refractivity contribution in [2.75, 3.05) is 0 Å². The summed E-state index contributed by atoms with van der Waals surface area (Å²) in [5.74, 6) is 5.46. The van der Waals surface area contributed by atoms with Gasteiger partial charge in [-0.1, -0.05) is 30.0 Å². The maximum Gasteiger partial charge on any atom is 0.307 e. The summed E-state index contributed by atoms with van der Waals surface area (Å²) in [4.78, 5) is 14.7. The lowest BCUT2D eigenvalue weighted by molar-refractivity contribution is -0.136. The number of hydrogen-bond acceptors (Lipinski definition) is 2. The Balaban J connectivity index is 1.72. The summed E-state index contributed by atoms with van der Waals surface area (Å²) in [5.41, 5.74) is 5.03. The number of carboxylic acids is 1. The van der Waals surface area contributed by atoms with Gasteiger partial charge in [-0.05, 0) is 47.9 Å². The third-order valence-electron chi connectivity index (χ3n) is 3.92. The number of aliphatic carboxylic acids is 1. The molecule has 1 aromatic heterocycles. The lowest BCUT2D eigenvalue weighted by atomic mass is 10.0.